The molecule has 1 aromatic heterocycles. The predicted octanol–water partition coefficient (Wildman–Crippen LogP) is 2.44. The molecule has 0 saturated carbocycles. The number of esters is 1. The van der Waals surface area contributed by atoms with Gasteiger partial charge in [-0.1, -0.05) is 72.8 Å². The summed E-state index contributed by atoms with van der Waals surface area (Å²) in [6.07, 6.45) is 1.33. The second-order valence-corrected chi connectivity index (χ2v) is 9.73. The molecule has 4 rings (SSSR count). The maximum atomic E-state index is 13.4. The van der Waals surface area contributed by atoms with E-state index in [0.717, 1.165) is 27.0 Å². The third kappa shape index (κ3) is 6.67. The number of methoxy groups -OCH3 is 2. The van der Waals surface area contributed by atoms with E-state index in [1.165, 1.54) is 18.2 Å². The maximum Gasteiger partial charge on any atom is 0.328 e. The fraction of sp³-hybridized carbons (Fsp3) is 0.250. The number of carbonyl (C=O) groups excluding carboxylic acids is 2. The van der Waals surface area contributed by atoms with Gasteiger partial charge in [0.25, 0.3) is 5.56 Å². The number of aromatic amines is 1. The molecule has 0 fully saturated rings. The highest BCUT2D eigenvalue weighted by Crippen LogP contribution is 2.37. The number of aromatic nitrogens is 2. The number of H-pyrrole nitrogens is 1. The van der Waals surface area contributed by atoms with Crippen molar-refractivity contribution in [2.45, 2.75) is 19.0 Å². The van der Waals surface area contributed by atoms with Gasteiger partial charge >= 0.3 is 11.7 Å². The number of aryl methyl sites for hydroxylation is 1. The van der Waals surface area contributed by atoms with Crippen molar-refractivity contribution in [2.75, 3.05) is 33.9 Å². The second kappa shape index (κ2) is 13.6. The van der Waals surface area contributed by atoms with Gasteiger partial charge in [-0.15, -0.1) is 0 Å². The number of rotatable bonds is 12. The Hall–Kier alpha value is -4.96. The number of benzene rings is 3. The average Bonchev–Trinajstić information content (AvgIpc) is 3.02. The largest absolute Gasteiger partial charge is 0.497 e. The van der Waals surface area contributed by atoms with Crippen molar-refractivity contribution in [2.24, 2.45) is 0 Å². The van der Waals surface area contributed by atoms with Crippen LogP contribution >= 0.6 is 0 Å². The molecule has 0 radical (unpaired) electrons. The average molecular weight is 571 g/mol. The van der Waals surface area contributed by atoms with E-state index < -0.39 is 28.7 Å². The molecule has 0 unspecified atom stereocenters. The molecule has 0 saturated heterocycles. The van der Waals surface area contributed by atoms with Gasteiger partial charge in [-0.2, -0.15) is 0 Å². The number of ether oxygens (including phenoxy) is 2. The van der Waals surface area contributed by atoms with Crippen LogP contribution in [0.1, 0.15) is 22.3 Å². The lowest BCUT2D eigenvalue weighted by Gasteiger charge is -2.38. The van der Waals surface area contributed by atoms with E-state index >= 15 is 0 Å². The fourth-order valence-electron chi connectivity index (χ4n) is 4.90. The van der Waals surface area contributed by atoms with E-state index in [0.29, 0.717) is 5.56 Å². The van der Waals surface area contributed by atoms with Gasteiger partial charge in [0.1, 0.15) is 18.8 Å². The summed E-state index contributed by atoms with van der Waals surface area (Å²) in [5.74, 6) is -0.359. The lowest BCUT2D eigenvalue weighted by molar-refractivity contribution is -0.147. The molecule has 4 aromatic rings. The molecule has 218 valence electrons. The van der Waals surface area contributed by atoms with Crippen molar-refractivity contribution in [3.63, 3.8) is 0 Å². The van der Waals surface area contributed by atoms with Gasteiger partial charge in [0, 0.05) is 24.8 Å². The summed E-state index contributed by atoms with van der Waals surface area (Å²) in [5.41, 5.74) is 1.14. The van der Waals surface area contributed by atoms with Crippen LogP contribution in [-0.4, -0.2) is 60.2 Å². The van der Waals surface area contributed by atoms with E-state index in [4.69, 9.17) is 9.47 Å². The van der Waals surface area contributed by atoms with Crippen LogP contribution in [0.2, 0.25) is 0 Å². The summed E-state index contributed by atoms with van der Waals surface area (Å²) >= 11 is 0. The second-order valence-electron chi connectivity index (χ2n) is 9.73. The SMILES string of the molecule is COC(=O)CN(CCNC(c1ccccc1)(c1ccccc1)c1ccc(OC)cc1)C(=O)Cn1cc(C)c(=O)[nH]c1=O. The Bertz CT molecular complexity index is 1580. The van der Waals surface area contributed by atoms with Gasteiger partial charge in [-0.25, -0.2) is 4.79 Å². The molecule has 10 nitrogen and oxygen atoms in total. The maximum absolute atomic E-state index is 13.4. The summed E-state index contributed by atoms with van der Waals surface area (Å²) in [7, 11) is 2.86. The number of hydrogen-bond donors (Lipinski definition) is 2. The van der Waals surface area contributed by atoms with Crippen LogP contribution in [0, 0.1) is 6.92 Å². The highest BCUT2D eigenvalue weighted by Gasteiger charge is 2.36. The molecule has 2 N–H and O–H groups in total. The Labute approximate surface area is 243 Å². The molecule has 3 aromatic carbocycles. The van der Waals surface area contributed by atoms with Crippen LogP contribution in [-0.2, 0) is 26.4 Å². The van der Waals surface area contributed by atoms with Gasteiger partial charge in [0.15, 0.2) is 0 Å². The number of carbonyl (C=O) groups is 2. The summed E-state index contributed by atoms with van der Waals surface area (Å²) in [6.45, 7) is 1.29. The number of nitrogens with zero attached hydrogens (tertiary/aromatic N) is 2. The van der Waals surface area contributed by atoms with Crippen molar-refractivity contribution in [1.82, 2.24) is 19.8 Å². The Balaban J connectivity index is 1.69. The van der Waals surface area contributed by atoms with E-state index in [2.05, 4.69) is 10.3 Å². The summed E-state index contributed by atoms with van der Waals surface area (Å²) < 4.78 is 11.4. The Morgan fingerprint density at radius 3 is 2.00 bits per heavy atom. The van der Waals surface area contributed by atoms with Gasteiger partial charge in [-0.05, 0) is 35.7 Å². The molecular weight excluding hydrogens is 536 g/mol. The minimum absolute atomic E-state index is 0.128. The molecule has 42 heavy (non-hydrogen) atoms. The van der Waals surface area contributed by atoms with Crippen molar-refractivity contribution >= 4 is 11.9 Å². The Kier molecular flexibility index (Phi) is 9.72. The summed E-state index contributed by atoms with van der Waals surface area (Å²) in [5, 5.41) is 3.69. The van der Waals surface area contributed by atoms with Crippen LogP contribution < -0.4 is 21.3 Å². The van der Waals surface area contributed by atoms with Crippen LogP contribution in [0.15, 0.2) is 101 Å². The van der Waals surface area contributed by atoms with Crippen molar-refractivity contribution in [3.8, 4) is 5.75 Å². The van der Waals surface area contributed by atoms with Crippen molar-refractivity contribution < 1.29 is 19.1 Å². The molecule has 1 amide bonds. The zero-order chi connectivity index (χ0) is 30.1. The first-order valence-electron chi connectivity index (χ1n) is 13.4. The van der Waals surface area contributed by atoms with Gasteiger partial charge in [0.2, 0.25) is 5.91 Å². The summed E-state index contributed by atoms with van der Waals surface area (Å²) in [6, 6.07) is 27.7. The quantitative estimate of drug-likeness (QED) is 0.198. The normalized spacial score (nSPS) is 11.1. The zero-order valence-electron chi connectivity index (χ0n) is 23.8. The third-order valence-corrected chi connectivity index (χ3v) is 7.10. The molecule has 0 spiro atoms. The Morgan fingerprint density at radius 2 is 1.45 bits per heavy atom. The number of nitrogens with one attached hydrogen (secondary N) is 2. The Morgan fingerprint density at radius 1 is 0.881 bits per heavy atom. The topological polar surface area (TPSA) is 123 Å². The summed E-state index contributed by atoms with van der Waals surface area (Å²) in [4.78, 5) is 53.3. The molecule has 0 atom stereocenters. The van der Waals surface area contributed by atoms with E-state index in [1.807, 2.05) is 84.9 Å². The highest BCUT2D eigenvalue weighted by molar-refractivity contribution is 5.82. The van der Waals surface area contributed by atoms with E-state index in [9.17, 15) is 19.2 Å². The standard InChI is InChI=1S/C32H34N4O6/c1-23-20-36(31(40)34-30(23)39)21-28(37)35(22-29(38)42-3)19-18-33-32(24-10-6-4-7-11-24,25-12-8-5-9-13-25)26-14-16-27(41-2)17-15-26/h4-17,20,33H,18-19,21-22H2,1-3H3,(H,34,39,40). The van der Waals surface area contributed by atoms with Crippen LogP contribution in [0.5, 0.6) is 5.75 Å². The minimum atomic E-state index is -0.818. The van der Waals surface area contributed by atoms with Crippen LogP contribution in [0.25, 0.3) is 0 Å². The van der Waals surface area contributed by atoms with Gasteiger partial charge in [-0.3, -0.25) is 29.3 Å². The lowest BCUT2D eigenvalue weighted by atomic mass is 9.77. The fourth-order valence-corrected chi connectivity index (χ4v) is 4.90. The molecular formula is C32H34N4O6. The molecule has 0 aliphatic heterocycles. The van der Waals surface area contributed by atoms with Crippen LogP contribution in [0.4, 0.5) is 0 Å². The molecule has 10 heteroatoms. The van der Waals surface area contributed by atoms with Gasteiger partial charge in [0.05, 0.1) is 19.8 Å². The smallest absolute Gasteiger partial charge is 0.328 e. The van der Waals surface area contributed by atoms with Crippen LogP contribution in [0.3, 0.4) is 0 Å². The van der Waals surface area contributed by atoms with Crippen molar-refractivity contribution in [1.29, 1.82) is 0 Å². The zero-order valence-corrected chi connectivity index (χ0v) is 23.8. The molecule has 0 bridgehead atoms. The van der Waals surface area contributed by atoms with Crippen molar-refractivity contribution in [3.05, 3.63) is 134 Å². The molecule has 0 aliphatic rings. The van der Waals surface area contributed by atoms with E-state index in [1.54, 1.807) is 14.0 Å². The van der Waals surface area contributed by atoms with Gasteiger partial charge < -0.3 is 14.4 Å². The first-order chi connectivity index (χ1) is 20.3. The minimum Gasteiger partial charge on any atom is -0.497 e. The third-order valence-electron chi connectivity index (χ3n) is 7.10. The first kappa shape index (κ1) is 30.0. The predicted molar refractivity (Wildman–Crippen MR) is 158 cm³/mol. The highest BCUT2D eigenvalue weighted by atomic mass is 16.5. The molecule has 1 heterocycles. The number of amides is 1. The van der Waals surface area contributed by atoms with E-state index in [-0.39, 0.29) is 26.2 Å². The number of hydrogen-bond acceptors (Lipinski definition) is 7. The monoisotopic (exact) mass is 570 g/mol. The molecule has 0 aliphatic carbocycles. The lowest BCUT2D eigenvalue weighted by Crippen LogP contribution is -2.49. The first-order valence-corrected chi connectivity index (χ1v) is 13.4.